The van der Waals surface area contributed by atoms with Crippen LogP contribution in [0.25, 0.3) is 0 Å². The third-order valence-corrected chi connectivity index (χ3v) is 3.44. The number of halogens is 1. The smallest absolute Gasteiger partial charge is 0.326 e. The van der Waals surface area contributed by atoms with Crippen LogP contribution in [-0.2, 0) is 4.79 Å². The Morgan fingerprint density at radius 1 is 1.14 bits per heavy atom. The van der Waals surface area contributed by atoms with Gasteiger partial charge in [-0.25, -0.2) is 9.18 Å². The second kappa shape index (κ2) is 6.88. The van der Waals surface area contributed by atoms with Gasteiger partial charge in [0.25, 0.3) is 0 Å². The van der Waals surface area contributed by atoms with Crippen LogP contribution in [0.4, 0.5) is 10.1 Å². The van der Waals surface area contributed by atoms with Crippen molar-refractivity contribution in [2.75, 3.05) is 5.32 Å². The lowest BCUT2D eigenvalue weighted by atomic mass is 9.94. The lowest BCUT2D eigenvalue weighted by molar-refractivity contribution is -0.138. The summed E-state index contributed by atoms with van der Waals surface area (Å²) >= 11 is 0. The van der Waals surface area contributed by atoms with E-state index in [1.165, 1.54) is 12.1 Å². The summed E-state index contributed by atoms with van der Waals surface area (Å²) in [5, 5.41) is 12.3. The summed E-state index contributed by atoms with van der Waals surface area (Å²) in [6.07, 6.45) is 0.455. The summed E-state index contributed by atoms with van der Waals surface area (Å²) in [7, 11) is 0. The number of carboxylic acids is 1. The van der Waals surface area contributed by atoms with Crippen molar-refractivity contribution in [3.63, 3.8) is 0 Å². The molecule has 110 valence electrons. The van der Waals surface area contributed by atoms with Gasteiger partial charge >= 0.3 is 5.97 Å². The van der Waals surface area contributed by atoms with Crippen LogP contribution in [-0.4, -0.2) is 17.1 Å². The van der Waals surface area contributed by atoms with Crippen molar-refractivity contribution >= 4 is 11.7 Å². The Morgan fingerprint density at radius 2 is 1.76 bits per heavy atom. The zero-order valence-electron chi connectivity index (χ0n) is 11.8. The Labute approximate surface area is 123 Å². The molecule has 2 aromatic rings. The fourth-order valence-corrected chi connectivity index (χ4v) is 2.24. The molecular weight excluding hydrogens is 269 g/mol. The molecule has 2 rings (SSSR count). The van der Waals surface area contributed by atoms with E-state index in [0.717, 1.165) is 5.56 Å². The lowest BCUT2D eigenvalue weighted by Gasteiger charge is -2.20. The van der Waals surface area contributed by atoms with E-state index in [1.54, 1.807) is 12.1 Å². The van der Waals surface area contributed by atoms with Gasteiger partial charge in [0.2, 0.25) is 0 Å². The number of hydrogen-bond donors (Lipinski definition) is 2. The maximum absolute atomic E-state index is 12.9. The zero-order chi connectivity index (χ0) is 15.2. The van der Waals surface area contributed by atoms with Crippen molar-refractivity contribution in [3.8, 4) is 0 Å². The van der Waals surface area contributed by atoms with E-state index in [-0.39, 0.29) is 11.7 Å². The topological polar surface area (TPSA) is 49.3 Å². The summed E-state index contributed by atoms with van der Waals surface area (Å²) in [4.78, 5) is 11.4. The third kappa shape index (κ3) is 4.31. The van der Waals surface area contributed by atoms with Crippen LogP contribution >= 0.6 is 0 Å². The molecule has 0 radical (unpaired) electrons. The number of hydrogen-bond acceptors (Lipinski definition) is 2. The standard InChI is InChI=1S/C17H18FNO2/c1-12(13-5-3-2-4-6-13)11-16(17(20)21)19-15-9-7-14(18)8-10-15/h2-10,12,16,19H,11H2,1H3,(H,20,21). The number of benzene rings is 2. The molecule has 0 saturated carbocycles. The molecule has 2 N–H and O–H groups in total. The van der Waals surface area contributed by atoms with Gasteiger partial charge in [0, 0.05) is 5.69 Å². The Balaban J connectivity index is 2.05. The average molecular weight is 287 g/mol. The summed E-state index contributed by atoms with van der Waals surface area (Å²) in [6, 6.07) is 14.8. The number of carboxylic acid groups (broad SMARTS) is 1. The van der Waals surface area contributed by atoms with Crippen molar-refractivity contribution in [3.05, 3.63) is 66.0 Å². The molecule has 21 heavy (non-hydrogen) atoms. The SMILES string of the molecule is CC(CC(Nc1ccc(F)cc1)C(=O)O)c1ccccc1. The van der Waals surface area contributed by atoms with E-state index >= 15 is 0 Å². The normalized spacial score (nSPS) is 13.4. The average Bonchev–Trinajstić information content (AvgIpc) is 2.49. The Kier molecular flexibility index (Phi) is 4.93. The molecule has 3 nitrogen and oxygen atoms in total. The molecule has 0 spiro atoms. The first-order valence-corrected chi connectivity index (χ1v) is 6.86. The molecule has 0 aliphatic carbocycles. The molecule has 2 unspecified atom stereocenters. The first-order chi connectivity index (χ1) is 10.1. The Hall–Kier alpha value is -2.36. The second-order valence-corrected chi connectivity index (χ2v) is 5.09. The van der Waals surface area contributed by atoms with Gasteiger partial charge in [0.1, 0.15) is 11.9 Å². The largest absolute Gasteiger partial charge is 0.480 e. The van der Waals surface area contributed by atoms with Crippen LogP contribution in [0.2, 0.25) is 0 Å². The molecule has 0 heterocycles. The number of aliphatic carboxylic acids is 1. The number of anilines is 1. The van der Waals surface area contributed by atoms with Crippen LogP contribution in [0.15, 0.2) is 54.6 Å². The second-order valence-electron chi connectivity index (χ2n) is 5.09. The van der Waals surface area contributed by atoms with E-state index < -0.39 is 12.0 Å². The predicted octanol–water partition coefficient (Wildman–Crippen LogP) is 3.88. The van der Waals surface area contributed by atoms with Crippen LogP contribution in [0, 0.1) is 5.82 Å². The number of nitrogens with one attached hydrogen (secondary N) is 1. The molecule has 4 heteroatoms. The fraction of sp³-hybridized carbons (Fsp3) is 0.235. The van der Waals surface area contributed by atoms with E-state index in [0.29, 0.717) is 12.1 Å². The van der Waals surface area contributed by atoms with Gasteiger partial charge in [-0.2, -0.15) is 0 Å². The molecule has 0 saturated heterocycles. The molecule has 0 aliphatic heterocycles. The van der Waals surface area contributed by atoms with Crippen LogP contribution in [0.3, 0.4) is 0 Å². The zero-order valence-corrected chi connectivity index (χ0v) is 11.8. The fourth-order valence-electron chi connectivity index (χ4n) is 2.24. The van der Waals surface area contributed by atoms with Gasteiger partial charge in [-0.3, -0.25) is 0 Å². The minimum Gasteiger partial charge on any atom is -0.480 e. The molecule has 2 atom stereocenters. The highest BCUT2D eigenvalue weighted by atomic mass is 19.1. The van der Waals surface area contributed by atoms with Crippen molar-refractivity contribution in [1.29, 1.82) is 0 Å². The molecule has 0 fully saturated rings. The van der Waals surface area contributed by atoms with Crippen LogP contribution < -0.4 is 5.32 Å². The number of rotatable bonds is 6. The maximum Gasteiger partial charge on any atom is 0.326 e. The minimum atomic E-state index is -0.915. The third-order valence-electron chi connectivity index (χ3n) is 3.44. The van der Waals surface area contributed by atoms with Crippen molar-refractivity contribution in [2.45, 2.75) is 25.3 Å². The maximum atomic E-state index is 12.9. The summed E-state index contributed by atoms with van der Waals surface area (Å²) in [5.41, 5.74) is 1.70. The quantitative estimate of drug-likeness (QED) is 0.847. The van der Waals surface area contributed by atoms with E-state index in [4.69, 9.17) is 0 Å². The monoisotopic (exact) mass is 287 g/mol. The van der Waals surface area contributed by atoms with E-state index in [1.807, 2.05) is 37.3 Å². The van der Waals surface area contributed by atoms with Gasteiger partial charge in [0.15, 0.2) is 0 Å². The highest BCUT2D eigenvalue weighted by Gasteiger charge is 2.21. The van der Waals surface area contributed by atoms with Gasteiger partial charge < -0.3 is 10.4 Å². The van der Waals surface area contributed by atoms with Crippen molar-refractivity contribution in [1.82, 2.24) is 0 Å². The number of carbonyl (C=O) groups is 1. The molecular formula is C17H18FNO2. The minimum absolute atomic E-state index is 0.111. The van der Waals surface area contributed by atoms with Gasteiger partial charge in [-0.05, 0) is 42.2 Å². The highest BCUT2D eigenvalue weighted by Crippen LogP contribution is 2.22. The van der Waals surface area contributed by atoms with Gasteiger partial charge in [-0.15, -0.1) is 0 Å². The lowest BCUT2D eigenvalue weighted by Crippen LogP contribution is -2.30. The molecule has 0 aliphatic rings. The first-order valence-electron chi connectivity index (χ1n) is 6.86. The summed E-state index contributed by atoms with van der Waals surface area (Å²) < 4.78 is 12.9. The molecule has 2 aromatic carbocycles. The molecule has 0 bridgehead atoms. The molecule has 0 amide bonds. The van der Waals surface area contributed by atoms with Gasteiger partial charge in [-0.1, -0.05) is 37.3 Å². The predicted molar refractivity (Wildman–Crippen MR) is 80.9 cm³/mol. The van der Waals surface area contributed by atoms with Gasteiger partial charge in [0.05, 0.1) is 0 Å². The summed E-state index contributed by atoms with van der Waals surface area (Å²) in [5.74, 6) is -1.15. The highest BCUT2D eigenvalue weighted by molar-refractivity contribution is 5.77. The Morgan fingerprint density at radius 3 is 2.33 bits per heavy atom. The first kappa shape index (κ1) is 15.0. The Bertz CT molecular complexity index is 583. The van der Waals surface area contributed by atoms with Crippen LogP contribution in [0.5, 0.6) is 0 Å². The van der Waals surface area contributed by atoms with Crippen molar-refractivity contribution in [2.24, 2.45) is 0 Å². The van der Waals surface area contributed by atoms with Crippen LogP contribution in [0.1, 0.15) is 24.8 Å². The van der Waals surface area contributed by atoms with Crippen molar-refractivity contribution < 1.29 is 14.3 Å². The van der Waals surface area contributed by atoms with E-state index in [9.17, 15) is 14.3 Å². The molecule has 0 aromatic heterocycles. The van der Waals surface area contributed by atoms with E-state index in [2.05, 4.69) is 5.32 Å². The summed E-state index contributed by atoms with van der Waals surface area (Å²) in [6.45, 7) is 2.00.